The maximum atomic E-state index is 5.95. The lowest BCUT2D eigenvalue weighted by atomic mass is 10.0. The molecule has 6 nitrogen and oxygen atoms in total. The van der Waals surface area contributed by atoms with E-state index < -0.39 is 0 Å². The molecule has 0 radical (unpaired) electrons. The van der Waals surface area contributed by atoms with E-state index in [9.17, 15) is 0 Å². The summed E-state index contributed by atoms with van der Waals surface area (Å²) in [5.74, 6) is 2.38. The van der Waals surface area contributed by atoms with E-state index >= 15 is 0 Å². The van der Waals surface area contributed by atoms with E-state index in [-0.39, 0.29) is 0 Å². The maximum absolute atomic E-state index is 5.95. The van der Waals surface area contributed by atoms with Gasteiger partial charge in [-0.15, -0.1) is 5.10 Å². The first-order chi connectivity index (χ1) is 14.1. The van der Waals surface area contributed by atoms with Crippen LogP contribution in [0.15, 0.2) is 63.3 Å². The molecule has 0 fully saturated rings. The van der Waals surface area contributed by atoms with Crippen LogP contribution in [0.4, 0.5) is 0 Å². The van der Waals surface area contributed by atoms with E-state index in [0.717, 1.165) is 39.6 Å². The Morgan fingerprint density at radius 2 is 2.00 bits per heavy atom. The summed E-state index contributed by atoms with van der Waals surface area (Å²) in [6.45, 7) is 3.85. The molecule has 0 spiro atoms. The van der Waals surface area contributed by atoms with Crippen molar-refractivity contribution in [1.29, 1.82) is 0 Å². The summed E-state index contributed by atoms with van der Waals surface area (Å²) in [7, 11) is 1.66. The third-order valence-corrected chi connectivity index (χ3v) is 5.30. The maximum Gasteiger partial charge on any atom is 0.180 e. The van der Waals surface area contributed by atoms with Crippen molar-refractivity contribution < 1.29 is 9.26 Å². The molecule has 0 saturated carbocycles. The van der Waals surface area contributed by atoms with Crippen molar-refractivity contribution in [3.63, 3.8) is 0 Å². The zero-order valence-electron chi connectivity index (χ0n) is 16.8. The number of nitrogens with zero attached hydrogens (tertiary/aromatic N) is 3. The van der Waals surface area contributed by atoms with Gasteiger partial charge in [0.15, 0.2) is 5.17 Å². The van der Waals surface area contributed by atoms with Gasteiger partial charge in [0.05, 0.1) is 19.0 Å². The van der Waals surface area contributed by atoms with Gasteiger partial charge in [-0.1, -0.05) is 47.3 Å². The molecule has 0 unspecified atom stereocenters. The van der Waals surface area contributed by atoms with E-state index in [0.29, 0.717) is 11.6 Å². The summed E-state index contributed by atoms with van der Waals surface area (Å²) in [5, 5.41) is 12.7. The van der Waals surface area contributed by atoms with Gasteiger partial charge in [-0.2, -0.15) is 5.10 Å². The van der Waals surface area contributed by atoms with E-state index in [2.05, 4.69) is 27.5 Å². The summed E-state index contributed by atoms with van der Waals surface area (Å²) >= 11 is 1.46. The minimum absolute atomic E-state index is 0.426. The molecular weight excluding hydrogens is 384 g/mol. The molecule has 0 amide bonds. The van der Waals surface area contributed by atoms with Crippen LogP contribution in [-0.4, -0.2) is 23.6 Å². The second-order valence-electron chi connectivity index (χ2n) is 6.51. The van der Waals surface area contributed by atoms with Crippen LogP contribution in [0.25, 0.3) is 0 Å². The van der Waals surface area contributed by atoms with Gasteiger partial charge in [0.2, 0.25) is 0 Å². The molecule has 3 aromatic rings. The zero-order chi connectivity index (χ0) is 20.6. The summed E-state index contributed by atoms with van der Waals surface area (Å²) < 4.78 is 10.8. The lowest BCUT2D eigenvalue weighted by molar-refractivity contribution is 0.392. The summed E-state index contributed by atoms with van der Waals surface area (Å²) in [6.07, 6.45) is 2.36. The Hall–Kier alpha value is -3.06. The number of methoxy groups -OCH3 is 1. The summed E-state index contributed by atoms with van der Waals surface area (Å²) in [5.41, 5.74) is 11.0. The molecule has 0 aliphatic heterocycles. The monoisotopic (exact) mass is 408 g/mol. The Kier molecular flexibility index (Phi) is 7.08. The van der Waals surface area contributed by atoms with Crippen LogP contribution in [0.5, 0.6) is 5.75 Å². The molecule has 0 saturated heterocycles. The molecular formula is C22H24N4O2S. The Morgan fingerprint density at radius 3 is 2.69 bits per heavy atom. The minimum atomic E-state index is 0.426. The van der Waals surface area contributed by atoms with Crippen molar-refractivity contribution in [3.8, 4) is 5.75 Å². The quantitative estimate of drug-likeness (QED) is 0.354. The van der Waals surface area contributed by atoms with Crippen LogP contribution in [-0.2, 0) is 12.2 Å². The first-order valence-electron chi connectivity index (χ1n) is 9.18. The van der Waals surface area contributed by atoms with Gasteiger partial charge >= 0.3 is 0 Å². The predicted octanol–water partition coefficient (Wildman–Crippen LogP) is 4.47. The third kappa shape index (κ3) is 5.71. The Bertz CT molecular complexity index is 993. The number of hydrogen-bond acceptors (Lipinski definition) is 6. The number of amidine groups is 1. The van der Waals surface area contributed by atoms with E-state index in [4.69, 9.17) is 15.0 Å². The fourth-order valence-electron chi connectivity index (χ4n) is 2.87. The van der Waals surface area contributed by atoms with Crippen LogP contribution in [0, 0.1) is 13.8 Å². The van der Waals surface area contributed by atoms with Gasteiger partial charge in [0, 0.05) is 17.7 Å². The first-order valence-corrected chi connectivity index (χ1v) is 10.2. The highest BCUT2D eigenvalue weighted by atomic mass is 32.2. The van der Waals surface area contributed by atoms with Crippen molar-refractivity contribution in [2.24, 2.45) is 15.9 Å². The zero-order valence-corrected chi connectivity index (χ0v) is 17.6. The van der Waals surface area contributed by atoms with Gasteiger partial charge in [0.1, 0.15) is 11.5 Å². The molecule has 2 aromatic carbocycles. The summed E-state index contributed by atoms with van der Waals surface area (Å²) in [4.78, 5) is 0. The topological polar surface area (TPSA) is 86.0 Å². The standard InChI is InChI=1S/C22H24N4O2S/c1-15-20(16(2)28-26-15)12-19-11-18(9-10-21(19)27-3)13-24-25-22(23)29-14-17-7-5-4-6-8-17/h4-11,13H,12,14H2,1-3H3,(H2,23,25). The molecule has 29 heavy (non-hydrogen) atoms. The highest BCUT2D eigenvalue weighted by Gasteiger charge is 2.13. The Morgan fingerprint density at radius 1 is 1.21 bits per heavy atom. The fraction of sp³-hybridized carbons (Fsp3) is 0.227. The Labute approximate surface area is 174 Å². The second kappa shape index (κ2) is 9.93. The molecule has 0 aliphatic rings. The van der Waals surface area contributed by atoms with Crippen molar-refractivity contribution in [2.75, 3.05) is 7.11 Å². The van der Waals surface area contributed by atoms with Gasteiger partial charge < -0.3 is 15.0 Å². The van der Waals surface area contributed by atoms with Crippen molar-refractivity contribution in [3.05, 3.63) is 82.2 Å². The molecule has 7 heteroatoms. The van der Waals surface area contributed by atoms with Gasteiger partial charge in [-0.05, 0) is 48.7 Å². The molecule has 1 aromatic heterocycles. The second-order valence-corrected chi connectivity index (χ2v) is 7.50. The van der Waals surface area contributed by atoms with Crippen molar-refractivity contribution in [2.45, 2.75) is 26.0 Å². The third-order valence-electron chi connectivity index (χ3n) is 4.45. The average Bonchev–Trinajstić information content (AvgIpc) is 3.05. The molecule has 1 heterocycles. The number of nitrogens with two attached hydrogens (primary N) is 1. The van der Waals surface area contributed by atoms with Gasteiger partial charge in [-0.3, -0.25) is 0 Å². The van der Waals surface area contributed by atoms with Crippen LogP contribution in [0.2, 0.25) is 0 Å². The first kappa shape index (κ1) is 20.7. The SMILES string of the molecule is COc1ccc(C=NN=C(N)SCc2ccccc2)cc1Cc1c(C)noc1C. The minimum Gasteiger partial charge on any atom is -0.496 e. The highest BCUT2D eigenvalue weighted by Crippen LogP contribution is 2.25. The Balaban J connectivity index is 1.68. The van der Waals surface area contributed by atoms with Gasteiger partial charge in [-0.25, -0.2) is 0 Å². The summed E-state index contributed by atoms with van der Waals surface area (Å²) in [6, 6.07) is 16.0. The number of rotatable bonds is 7. The predicted molar refractivity (Wildman–Crippen MR) is 119 cm³/mol. The van der Waals surface area contributed by atoms with E-state index in [1.807, 2.05) is 50.2 Å². The van der Waals surface area contributed by atoms with Crippen LogP contribution >= 0.6 is 11.8 Å². The number of ether oxygens (including phenoxy) is 1. The van der Waals surface area contributed by atoms with Crippen molar-refractivity contribution in [1.82, 2.24) is 5.16 Å². The molecule has 150 valence electrons. The van der Waals surface area contributed by atoms with Crippen LogP contribution in [0.3, 0.4) is 0 Å². The average molecular weight is 409 g/mol. The number of aromatic nitrogens is 1. The molecule has 3 rings (SSSR count). The number of benzene rings is 2. The number of aryl methyl sites for hydroxylation is 2. The number of hydrogen-bond donors (Lipinski definition) is 1. The largest absolute Gasteiger partial charge is 0.496 e. The molecule has 2 N–H and O–H groups in total. The lowest BCUT2D eigenvalue weighted by Crippen LogP contribution is -2.06. The van der Waals surface area contributed by atoms with E-state index in [1.54, 1.807) is 13.3 Å². The highest BCUT2D eigenvalue weighted by molar-refractivity contribution is 8.13. The lowest BCUT2D eigenvalue weighted by Gasteiger charge is -2.09. The van der Waals surface area contributed by atoms with Crippen molar-refractivity contribution >= 4 is 23.1 Å². The normalized spacial score (nSPS) is 11.9. The van der Waals surface area contributed by atoms with Crippen LogP contribution in [0.1, 0.15) is 33.7 Å². The van der Waals surface area contributed by atoms with Crippen LogP contribution < -0.4 is 10.5 Å². The van der Waals surface area contributed by atoms with E-state index in [1.165, 1.54) is 17.3 Å². The number of thioether (sulfide) groups is 1. The fourth-order valence-corrected chi connectivity index (χ4v) is 3.49. The molecule has 0 aliphatic carbocycles. The molecule has 0 bridgehead atoms. The smallest absolute Gasteiger partial charge is 0.180 e. The van der Waals surface area contributed by atoms with Gasteiger partial charge in [0.25, 0.3) is 0 Å². The molecule has 0 atom stereocenters.